The lowest BCUT2D eigenvalue weighted by Gasteiger charge is -2.36. The molecule has 1 spiro atoms. The Morgan fingerprint density at radius 2 is 1.97 bits per heavy atom. The molecule has 160 valence electrons. The van der Waals surface area contributed by atoms with Gasteiger partial charge in [-0.3, -0.25) is 14.5 Å². The van der Waals surface area contributed by atoms with Crippen LogP contribution in [-0.4, -0.2) is 41.9 Å². The Bertz CT molecular complexity index is 1050. The number of hydrogen-bond acceptors (Lipinski definition) is 5. The van der Waals surface area contributed by atoms with Crippen molar-refractivity contribution in [2.45, 2.75) is 37.8 Å². The number of nitrogens with one attached hydrogen (secondary N) is 2. The molecule has 31 heavy (non-hydrogen) atoms. The van der Waals surface area contributed by atoms with E-state index in [9.17, 15) is 14.4 Å². The quantitative estimate of drug-likeness (QED) is 0.744. The number of fused-ring (bicyclic) bond motifs is 4. The first-order valence-electron chi connectivity index (χ1n) is 10.8. The third-order valence-electron chi connectivity index (χ3n) is 6.75. The minimum absolute atomic E-state index is 0.115. The van der Waals surface area contributed by atoms with Gasteiger partial charge >= 0.3 is 5.97 Å². The molecule has 7 heteroatoms. The Labute approximate surface area is 180 Å². The number of para-hydroxylation sites is 1. The Kier molecular flexibility index (Phi) is 4.78. The molecule has 0 saturated carbocycles. The molecule has 2 amide bonds. The Morgan fingerprint density at radius 1 is 1.19 bits per heavy atom. The number of nitrogens with zero attached hydrogens (tertiary/aromatic N) is 1. The van der Waals surface area contributed by atoms with Gasteiger partial charge in [0.1, 0.15) is 5.54 Å². The molecule has 3 atom stereocenters. The number of hydrogen-bond donors (Lipinski definition) is 2. The lowest BCUT2D eigenvalue weighted by atomic mass is 9.78. The van der Waals surface area contributed by atoms with Gasteiger partial charge in [0.25, 0.3) is 0 Å². The molecule has 3 aliphatic heterocycles. The van der Waals surface area contributed by atoms with Crippen molar-refractivity contribution in [1.82, 2.24) is 4.90 Å². The number of rotatable bonds is 4. The van der Waals surface area contributed by atoms with Crippen LogP contribution >= 0.6 is 0 Å². The molecule has 0 bridgehead atoms. The van der Waals surface area contributed by atoms with Gasteiger partial charge in [0.2, 0.25) is 11.8 Å². The van der Waals surface area contributed by atoms with Crippen LogP contribution in [0.1, 0.15) is 42.1 Å². The molecular formula is C24H25N3O4. The fraction of sp³-hybridized carbons (Fsp3) is 0.375. The summed E-state index contributed by atoms with van der Waals surface area (Å²) in [5, 5.41) is 5.99. The fourth-order valence-corrected chi connectivity index (χ4v) is 5.51. The van der Waals surface area contributed by atoms with Crippen LogP contribution in [0.2, 0.25) is 0 Å². The molecule has 7 nitrogen and oxygen atoms in total. The number of anilines is 2. The van der Waals surface area contributed by atoms with E-state index in [1.165, 1.54) is 0 Å². The van der Waals surface area contributed by atoms with Crippen LogP contribution in [-0.2, 0) is 19.9 Å². The molecular weight excluding hydrogens is 394 g/mol. The predicted molar refractivity (Wildman–Crippen MR) is 116 cm³/mol. The lowest BCUT2D eigenvalue weighted by molar-refractivity contribution is -0.135. The maximum atomic E-state index is 13.5. The largest absolute Gasteiger partial charge is 0.462 e. The second-order valence-corrected chi connectivity index (χ2v) is 8.33. The van der Waals surface area contributed by atoms with E-state index in [1.54, 1.807) is 31.2 Å². The minimum Gasteiger partial charge on any atom is -0.462 e. The second kappa shape index (κ2) is 7.50. The first-order valence-corrected chi connectivity index (χ1v) is 10.8. The number of carbonyl (C=O) groups is 3. The van der Waals surface area contributed by atoms with E-state index in [2.05, 4.69) is 15.5 Å². The highest BCUT2D eigenvalue weighted by molar-refractivity contribution is 6.10. The van der Waals surface area contributed by atoms with Gasteiger partial charge in [-0.2, -0.15) is 0 Å². The molecule has 2 saturated heterocycles. The zero-order chi connectivity index (χ0) is 21.6. The molecule has 0 aromatic heterocycles. The van der Waals surface area contributed by atoms with Gasteiger partial charge in [-0.1, -0.05) is 18.2 Å². The molecule has 2 fully saturated rings. The van der Waals surface area contributed by atoms with Crippen molar-refractivity contribution in [3.05, 3.63) is 59.7 Å². The highest BCUT2D eigenvalue weighted by atomic mass is 16.5. The third-order valence-corrected chi connectivity index (χ3v) is 6.75. The molecule has 2 aromatic carbocycles. The van der Waals surface area contributed by atoms with E-state index in [4.69, 9.17) is 4.74 Å². The van der Waals surface area contributed by atoms with Crippen LogP contribution in [0.4, 0.5) is 11.4 Å². The van der Waals surface area contributed by atoms with Crippen molar-refractivity contribution in [2.24, 2.45) is 5.92 Å². The van der Waals surface area contributed by atoms with Gasteiger partial charge in [-0.15, -0.1) is 0 Å². The standard InChI is InChI=1S/C24H25N3O4/c1-2-31-22(29)15-9-11-16(12-10-15)25-21(28)19-14-17-6-5-13-27(17)24(19)18-7-3-4-8-20(18)26-23(24)30/h3-4,7-12,17,19H,2,5-6,13-14H2,1H3,(H,25,28)(H,26,30)/t17-,19-,24-/m0/s1. The van der Waals surface area contributed by atoms with E-state index in [0.29, 0.717) is 24.3 Å². The molecule has 5 rings (SSSR count). The van der Waals surface area contributed by atoms with Crippen molar-refractivity contribution in [3.63, 3.8) is 0 Å². The summed E-state index contributed by atoms with van der Waals surface area (Å²) in [4.78, 5) is 40.9. The van der Waals surface area contributed by atoms with Crippen LogP contribution in [0.15, 0.2) is 48.5 Å². The fourth-order valence-electron chi connectivity index (χ4n) is 5.51. The average Bonchev–Trinajstić information content (AvgIpc) is 3.43. The number of ether oxygens (including phenoxy) is 1. The zero-order valence-electron chi connectivity index (χ0n) is 17.4. The molecule has 2 aromatic rings. The highest BCUT2D eigenvalue weighted by Crippen LogP contribution is 2.55. The summed E-state index contributed by atoms with van der Waals surface area (Å²) in [5.41, 5.74) is 1.74. The summed E-state index contributed by atoms with van der Waals surface area (Å²) < 4.78 is 5.00. The maximum absolute atomic E-state index is 13.5. The van der Waals surface area contributed by atoms with Crippen LogP contribution in [0.25, 0.3) is 0 Å². The lowest BCUT2D eigenvalue weighted by Crippen LogP contribution is -2.53. The van der Waals surface area contributed by atoms with Crippen molar-refractivity contribution in [1.29, 1.82) is 0 Å². The normalized spacial score (nSPS) is 26.4. The SMILES string of the molecule is CCOC(=O)c1ccc(NC(=O)[C@@H]2C[C@@H]3CCCN3[C@]23C(=O)Nc2ccccc23)cc1. The van der Waals surface area contributed by atoms with E-state index in [0.717, 1.165) is 30.6 Å². The molecule has 2 N–H and O–H groups in total. The van der Waals surface area contributed by atoms with E-state index in [-0.39, 0.29) is 17.9 Å². The van der Waals surface area contributed by atoms with Crippen molar-refractivity contribution >= 4 is 29.2 Å². The molecule has 3 heterocycles. The van der Waals surface area contributed by atoms with Gasteiger partial charge in [-0.05, 0) is 63.1 Å². The van der Waals surface area contributed by atoms with E-state index >= 15 is 0 Å². The summed E-state index contributed by atoms with van der Waals surface area (Å²) in [6.45, 7) is 2.87. The average molecular weight is 419 g/mol. The van der Waals surface area contributed by atoms with E-state index in [1.807, 2.05) is 24.3 Å². The Hall–Kier alpha value is -3.19. The van der Waals surface area contributed by atoms with Gasteiger partial charge in [0.15, 0.2) is 0 Å². The summed E-state index contributed by atoms with van der Waals surface area (Å²) in [7, 11) is 0. The summed E-state index contributed by atoms with van der Waals surface area (Å²) in [6.07, 6.45) is 2.68. The first-order chi connectivity index (χ1) is 15.1. The number of esters is 1. The Balaban J connectivity index is 1.45. The van der Waals surface area contributed by atoms with Gasteiger partial charge in [0.05, 0.1) is 18.1 Å². The van der Waals surface area contributed by atoms with Crippen LogP contribution in [0.5, 0.6) is 0 Å². The smallest absolute Gasteiger partial charge is 0.338 e. The molecule has 3 aliphatic rings. The van der Waals surface area contributed by atoms with Crippen LogP contribution in [0, 0.1) is 5.92 Å². The topological polar surface area (TPSA) is 87.7 Å². The van der Waals surface area contributed by atoms with Crippen molar-refractivity contribution < 1.29 is 19.1 Å². The summed E-state index contributed by atoms with van der Waals surface area (Å²) >= 11 is 0. The zero-order valence-corrected chi connectivity index (χ0v) is 17.4. The first kappa shape index (κ1) is 19.8. The van der Waals surface area contributed by atoms with Crippen LogP contribution in [0.3, 0.4) is 0 Å². The monoisotopic (exact) mass is 419 g/mol. The second-order valence-electron chi connectivity index (χ2n) is 8.33. The molecule has 0 unspecified atom stereocenters. The Morgan fingerprint density at radius 3 is 2.74 bits per heavy atom. The highest BCUT2D eigenvalue weighted by Gasteiger charge is 2.65. The number of benzene rings is 2. The van der Waals surface area contributed by atoms with E-state index < -0.39 is 17.4 Å². The third kappa shape index (κ3) is 2.95. The van der Waals surface area contributed by atoms with Crippen molar-refractivity contribution in [3.8, 4) is 0 Å². The van der Waals surface area contributed by atoms with Crippen LogP contribution < -0.4 is 10.6 Å². The summed E-state index contributed by atoms with van der Waals surface area (Å²) in [5.74, 6) is -1.18. The predicted octanol–water partition coefficient (Wildman–Crippen LogP) is 3.13. The minimum atomic E-state index is -0.966. The van der Waals surface area contributed by atoms with Gasteiger partial charge in [0, 0.05) is 23.0 Å². The van der Waals surface area contributed by atoms with Gasteiger partial charge < -0.3 is 15.4 Å². The maximum Gasteiger partial charge on any atom is 0.338 e. The molecule has 0 aliphatic carbocycles. The molecule has 0 radical (unpaired) electrons. The number of amides is 2. The van der Waals surface area contributed by atoms with Gasteiger partial charge in [-0.25, -0.2) is 4.79 Å². The number of carbonyl (C=O) groups excluding carboxylic acids is 3. The summed E-state index contributed by atoms with van der Waals surface area (Å²) in [6, 6.07) is 14.5. The van der Waals surface area contributed by atoms with Crippen molar-refractivity contribution in [2.75, 3.05) is 23.8 Å².